The van der Waals surface area contributed by atoms with Crippen LogP contribution in [0.15, 0.2) is 91.0 Å². The zero-order valence-electron chi connectivity index (χ0n) is 35.1. The first-order valence-corrected chi connectivity index (χ1v) is 19.6. The topological polar surface area (TPSA) is 85.2 Å². The van der Waals surface area contributed by atoms with Crippen molar-refractivity contribution in [1.29, 1.82) is 5.26 Å². The van der Waals surface area contributed by atoms with Crippen LogP contribution >= 0.6 is 0 Å². The summed E-state index contributed by atoms with van der Waals surface area (Å²) >= 11 is 0. The van der Waals surface area contributed by atoms with Gasteiger partial charge in [0, 0.05) is 5.41 Å². The molecule has 5 aromatic carbocycles. The molecule has 0 N–H and O–H groups in total. The van der Waals surface area contributed by atoms with Crippen molar-refractivity contribution in [3.05, 3.63) is 141 Å². The first-order valence-electron chi connectivity index (χ1n) is 19.6. The van der Waals surface area contributed by atoms with Crippen LogP contribution in [0.1, 0.15) is 105 Å². The lowest BCUT2D eigenvalue weighted by Gasteiger charge is -2.29. The fourth-order valence-electron chi connectivity index (χ4n) is 7.16. The highest BCUT2D eigenvalue weighted by Gasteiger charge is 2.44. The third-order valence-electron chi connectivity index (χ3n) is 11.0. The van der Waals surface area contributed by atoms with Crippen LogP contribution in [0.25, 0.3) is 33.4 Å². The van der Waals surface area contributed by atoms with Gasteiger partial charge in [0.2, 0.25) is 0 Å². The minimum absolute atomic E-state index is 0.0120. The Labute approximate surface area is 345 Å². The maximum atomic E-state index is 13.4. The Morgan fingerprint density at radius 2 is 1.12 bits per heavy atom. The summed E-state index contributed by atoms with van der Waals surface area (Å²) < 4.78 is 80.3. The fraction of sp³-hybridized carbons (Fsp3) is 0.340. The monoisotopic (exact) mass is 823 g/mol. The van der Waals surface area contributed by atoms with Crippen molar-refractivity contribution in [2.75, 3.05) is 0 Å². The van der Waals surface area contributed by atoms with Gasteiger partial charge in [-0.3, -0.25) is 0 Å². The molecule has 0 aliphatic heterocycles. The van der Waals surface area contributed by atoms with Gasteiger partial charge in [0.1, 0.15) is 22.1 Å². The average Bonchev–Trinajstić information content (AvgIpc) is 3.81. The molecular weight excluding hydrogens is 777 g/mol. The minimum atomic E-state index is -5.19. The number of hydrogen-bond donors (Lipinski definition) is 0. The third-order valence-corrected chi connectivity index (χ3v) is 11.0. The van der Waals surface area contributed by atoms with Gasteiger partial charge in [0.25, 0.3) is 0 Å². The summed E-state index contributed by atoms with van der Waals surface area (Å²) in [6.07, 6.45) is -8.17. The molecule has 0 saturated heterocycles. The summed E-state index contributed by atoms with van der Waals surface area (Å²) in [7, 11) is 0. The van der Waals surface area contributed by atoms with E-state index in [1.807, 2.05) is 70.2 Å². The second-order valence-corrected chi connectivity index (χ2v) is 16.9. The van der Waals surface area contributed by atoms with Crippen molar-refractivity contribution in [2.45, 2.75) is 98.3 Å². The summed E-state index contributed by atoms with van der Waals surface area (Å²) in [5, 5.41) is 26.8. The predicted octanol–water partition coefficient (Wildman–Crippen LogP) is 12.6. The van der Waals surface area contributed by atoms with Crippen molar-refractivity contribution in [2.24, 2.45) is 5.92 Å². The summed E-state index contributed by atoms with van der Waals surface area (Å²) in [4.78, 5) is 2.85. The average molecular weight is 824 g/mol. The molecule has 312 valence electrons. The fourth-order valence-corrected chi connectivity index (χ4v) is 7.16. The van der Waals surface area contributed by atoms with E-state index in [9.17, 15) is 26.3 Å². The van der Waals surface area contributed by atoms with Gasteiger partial charge in [0.05, 0.1) is 34.1 Å². The van der Waals surface area contributed by atoms with Gasteiger partial charge in [-0.1, -0.05) is 103 Å². The summed E-state index contributed by atoms with van der Waals surface area (Å²) in [5.41, 5.74) is 5.12. The van der Waals surface area contributed by atoms with Crippen LogP contribution < -0.4 is 0 Å². The molecule has 0 aliphatic carbocycles. The van der Waals surface area contributed by atoms with Crippen molar-refractivity contribution >= 4 is 22.1 Å². The van der Waals surface area contributed by atoms with Crippen molar-refractivity contribution in [3.63, 3.8) is 0 Å². The second kappa shape index (κ2) is 16.2. The van der Waals surface area contributed by atoms with E-state index in [0.717, 1.165) is 56.6 Å². The van der Waals surface area contributed by atoms with Gasteiger partial charge in [-0.05, 0) is 107 Å². The molecule has 0 aliphatic rings. The molecular formula is C47H47F6N7. The predicted molar refractivity (Wildman–Crippen MR) is 222 cm³/mol. The van der Waals surface area contributed by atoms with Crippen LogP contribution in [-0.2, 0) is 29.6 Å². The van der Waals surface area contributed by atoms with Gasteiger partial charge in [0.15, 0.2) is 0 Å². The van der Waals surface area contributed by atoms with E-state index in [1.165, 1.54) is 11.1 Å². The number of benzene rings is 5. The van der Waals surface area contributed by atoms with Gasteiger partial charge < -0.3 is 0 Å². The van der Waals surface area contributed by atoms with E-state index in [1.54, 1.807) is 23.0 Å². The maximum absolute atomic E-state index is 13.4. The molecule has 0 saturated carbocycles. The standard InChI is InChI=1S/C25H21F6N3.C22H26N4/c1-14-10-19(23(3,4)16-8-6-5-7-9-16)22(11-15(14)2)34-32-20-12-17(24(26,27)28)18(25(29,30)31)13-21(20)33-34;1-6-15(2)11-16-7-9-18(22(3,4)5)21(13-16)26-24-19-10-8-17(14-23)12-20(19)25-26/h5-13H,1-4H3;7-10,12-13,15H,6,11H2,1-5H3. The number of aromatic nitrogens is 6. The number of alkyl halides is 6. The van der Waals surface area contributed by atoms with Crippen molar-refractivity contribution < 1.29 is 26.3 Å². The zero-order chi connectivity index (χ0) is 43.9. The molecule has 60 heavy (non-hydrogen) atoms. The molecule has 1 unspecified atom stereocenters. The van der Waals surface area contributed by atoms with Crippen molar-refractivity contribution in [1.82, 2.24) is 30.0 Å². The Bertz CT molecular complexity index is 2660. The zero-order valence-corrected chi connectivity index (χ0v) is 35.1. The minimum Gasteiger partial charge on any atom is -0.192 e. The molecule has 7 aromatic rings. The number of hydrogen-bond acceptors (Lipinski definition) is 5. The number of halogens is 6. The number of nitrogens with zero attached hydrogens (tertiary/aromatic N) is 7. The molecule has 0 bridgehead atoms. The lowest BCUT2D eigenvalue weighted by molar-refractivity contribution is -0.161. The summed E-state index contributed by atoms with van der Waals surface area (Å²) in [6.45, 7) is 18.9. The maximum Gasteiger partial charge on any atom is 0.417 e. The van der Waals surface area contributed by atoms with E-state index in [2.05, 4.69) is 79.3 Å². The SMILES string of the molecule is CCC(C)Cc1ccc(C(C)(C)C)c(-n2nc3ccc(C#N)cc3n2)c1.Cc1cc(-n2nc3cc(C(F)(F)F)c(C(F)(F)F)cc3n2)c(C(C)(C)c2ccccc2)cc1C. The molecule has 0 fully saturated rings. The van der Waals surface area contributed by atoms with Gasteiger partial charge >= 0.3 is 12.4 Å². The summed E-state index contributed by atoms with van der Waals surface area (Å²) in [5.74, 6) is 0.645. The molecule has 13 heteroatoms. The summed E-state index contributed by atoms with van der Waals surface area (Å²) in [6, 6.07) is 28.4. The Morgan fingerprint density at radius 1 is 0.600 bits per heavy atom. The third kappa shape index (κ3) is 9.08. The smallest absolute Gasteiger partial charge is 0.192 e. The number of rotatable bonds is 7. The number of nitriles is 1. The molecule has 7 rings (SSSR count). The Morgan fingerprint density at radius 3 is 1.63 bits per heavy atom. The van der Waals surface area contributed by atoms with Crippen LogP contribution in [0, 0.1) is 31.1 Å². The highest BCUT2D eigenvalue weighted by molar-refractivity contribution is 5.77. The van der Waals surface area contributed by atoms with Crippen LogP contribution in [0.4, 0.5) is 26.3 Å². The molecule has 2 heterocycles. The quantitative estimate of drug-likeness (QED) is 0.149. The molecule has 2 aromatic heterocycles. The number of fused-ring (bicyclic) bond motifs is 2. The lowest BCUT2D eigenvalue weighted by atomic mass is 9.76. The van der Waals surface area contributed by atoms with E-state index < -0.39 is 28.9 Å². The Balaban J connectivity index is 0.000000209. The Hall–Kier alpha value is -6.03. The van der Waals surface area contributed by atoms with Gasteiger partial charge in [-0.25, -0.2) is 0 Å². The van der Waals surface area contributed by atoms with E-state index in [-0.39, 0.29) is 16.4 Å². The normalized spacial score (nSPS) is 13.0. The van der Waals surface area contributed by atoms with Gasteiger partial charge in [-0.2, -0.15) is 41.2 Å². The first kappa shape index (κ1) is 43.5. The van der Waals surface area contributed by atoms with Crippen molar-refractivity contribution in [3.8, 4) is 17.4 Å². The molecule has 7 nitrogen and oxygen atoms in total. The second-order valence-electron chi connectivity index (χ2n) is 16.9. The Kier molecular flexibility index (Phi) is 11.8. The first-order chi connectivity index (χ1) is 28.0. The largest absolute Gasteiger partial charge is 0.417 e. The lowest BCUT2D eigenvalue weighted by Crippen LogP contribution is -2.22. The van der Waals surface area contributed by atoms with Crippen LogP contribution in [0.2, 0.25) is 0 Å². The van der Waals surface area contributed by atoms with Crippen LogP contribution in [0.5, 0.6) is 0 Å². The van der Waals surface area contributed by atoms with Gasteiger partial charge in [-0.15, -0.1) is 20.4 Å². The highest BCUT2D eigenvalue weighted by Crippen LogP contribution is 2.42. The van der Waals surface area contributed by atoms with E-state index >= 15 is 0 Å². The van der Waals surface area contributed by atoms with Crippen LogP contribution in [-0.4, -0.2) is 30.0 Å². The van der Waals surface area contributed by atoms with Crippen LogP contribution in [0.3, 0.4) is 0 Å². The molecule has 0 spiro atoms. The van der Waals surface area contributed by atoms with E-state index in [4.69, 9.17) is 5.26 Å². The van der Waals surface area contributed by atoms with E-state index in [0.29, 0.717) is 29.3 Å². The highest BCUT2D eigenvalue weighted by atomic mass is 19.4. The number of aryl methyl sites for hydroxylation is 2. The molecule has 1 atom stereocenters. The molecule has 0 radical (unpaired) electrons. The molecule has 0 amide bonds.